The minimum absolute atomic E-state index is 0.0900. The molecule has 0 radical (unpaired) electrons. The Kier molecular flexibility index (Phi) is 5.61. The third-order valence-corrected chi connectivity index (χ3v) is 6.19. The van der Waals surface area contributed by atoms with E-state index in [2.05, 4.69) is 15.3 Å². The summed E-state index contributed by atoms with van der Waals surface area (Å²) in [4.78, 5) is 19.8. The van der Waals surface area contributed by atoms with Crippen LogP contribution in [0, 0.1) is 18.7 Å². The van der Waals surface area contributed by atoms with E-state index in [1.165, 1.54) is 22.8 Å². The smallest absolute Gasteiger partial charge is 0.310 e. The van der Waals surface area contributed by atoms with Gasteiger partial charge < -0.3 is 9.88 Å². The second kappa shape index (κ2) is 8.08. The van der Waals surface area contributed by atoms with E-state index in [1.54, 1.807) is 12.1 Å². The monoisotopic (exact) mass is 470 g/mol. The number of hydrogen-bond donors (Lipinski definition) is 1. The highest BCUT2D eigenvalue weighted by Gasteiger charge is 2.32. The van der Waals surface area contributed by atoms with Crippen LogP contribution in [0.2, 0.25) is 5.02 Å². The molecule has 0 amide bonds. The van der Waals surface area contributed by atoms with Crippen LogP contribution in [0.1, 0.15) is 11.9 Å². The highest BCUT2D eigenvalue weighted by Crippen LogP contribution is 2.35. The van der Waals surface area contributed by atoms with Gasteiger partial charge in [0.2, 0.25) is 11.8 Å². The highest BCUT2D eigenvalue weighted by molar-refractivity contribution is 7.18. The van der Waals surface area contributed by atoms with Gasteiger partial charge in [0.25, 0.3) is 0 Å². The third kappa shape index (κ3) is 4.09. The number of thiazole rings is 1. The molecule has 2 atom stereocenters. The van der Waals surface area contributed by atoms with Crippen molar-refractivity contribution in [2.24, 2.45) is 5.92 Å². The maximum Gasteiger partial charge on any atom is 0.310 e. The number of nitrogens with zero attached hydrogens (tertiary/aromatic N) is 3. The molecule has 0 saturated heterocycles. The van der Waals surface area contributed by atoms with Crippen molar-refractivity contribution in [2.75, 3.05) is 5.32 Å². The van der Waals surface area contributed by atoms with E-state index in [4.69, 9.17) is 11.6 Å². The van der Waals surface area contributed by atoms with Gasteiger partial charge in [-0.1, -0.05) is 18.5 Å². The first-order valence-corrected chi connectivity index (χ1v) is 10.3. The minimum Gasteiger partial charge on any atom is -0.324 e. The molecule has 4 rings (SSSR count). The fourth-order valence-electron chi connectivity index (χ4n) is 3.26. The van der Waals surface area contributed by atoms with Crippen LogP contribution >= 0.6 is 22.9 Å². The van der Waals surface area contributed by atoms with E-state index < -0.39 is 35.1 Å². The number of allylic oxidation sites excluding steroid dienone is 4. The average molecular weight is 471 g/mol. The van der Waals surface area contributed by atoms with Crippen molar-refractivity contribution in [3.63, 3.8) is 0 Å². The van der Waals surface area contributed by atoms with E-state index in [9.17, 15) is 22.4 Å². The molecular formula is C20H15ClF4N4OS. The van der Waals surface area contributed by atoms with Crippen molar-refractivity contribution in [3.05, 3.63) is 67.8 Å². The number of nitrogens with one attached hydrogen (secondary N) is 1. The fourth-order valence-corrected chi connectivity index (χ4v) is 4.31. The van der Waals surface area contributed by atoms with Crippen molar-refractivity contribution < 1.29 is 17.6 Å². The zero-order valence-electron chi connectivity index (χ0n) is 16.2. The summed E-state index contributed by atoms with van der Waals surface area (Å²) in [5.41, 5.74) is 0.132. The highest BCUT2D eigenvalue weighted by atomic mass is 35.5. The maximum atomic E-state index is 14.1. The van der Waals surface area contributed by atoms with Gasteiger partial charge in [-0.15, -0.1) is 11.3 Å². The van der Waals surface area contributed by atoms with Crippen LogP contribution in [0.4, 0.5) is 29.2 Å². The summed E-state index contributed by atoms with van der Waals surface area (Å²) in [6.45, 7) is 3.01. The molecule has 5 nitrogen and oxygen atoms in total. The van der Waals surface area contributed by atoms with Gasteiger partial charge in [0.1, 0.15) is 0 Å². The first-order chi connectivity index (χ1) is 14.6. The predicted molar refractivity (Wildman–Crippen MR) is 112 cm³/mol. The van der Waals surface area contributed by atoms with Crippen LogP contribution in [0.15, 0.2) is 46.4 Å². The molecule has 0 aliphatic heterocycles. The molecule has 2 unspecified atom stereocenters. The Morgan fingerprint density at radius 2 is 2.00 bits per heavy atom. The van der Waals surface area contributed by atoms with Crippen molar-refractivity contribution in [1.82, 2.24) is 14.5 Å². The number of benzene rings is 1. The number of aromatic nitrogens is 3. The number of hydrogen-bond acceptors (Lipinski definition) is 5. The van der Waals surface area contributed by atoms with Crippen molar-refractivity contribution in [1.29, 1.82) is 0 Å². The SMILES string of the molecule is Cc1nc2cc(Cl)c(Nc3nc(=O)c(F)cn3CC3=CC(F)=C(F)C(F)C3C)cc2s1. The first-order valence-electron chi connectivity index (χ1n) is 9.14. The number of rotatable bonds is 4. The van der Waals surface area contributed by atoms with Crippen LogP contribution in [-0.2, 0) is 6.54 Å². The average Bonchev–Trinajstić information content (AvgIpc) is 3.07. The topological polar surface area (TPSA) is 59.8 Å². The maximum absolute atomic E-state index is 14.1. The summed E-state index contributed by atoms with van der Waals surface area (Å²) in [6, 6.07) is 3.34. The molecule has 1 N–H and O–H groups in total. The third-order valence-electron chi connectivity index (χ3n) is 4.94. The van der Waals surface area contributed by atoms with Gasteiger partial charge in [0, 0.05) is 18.7 Å². The summed E-state index contributed by atoms with van der Waals surface area (Å²) < 4.78 is 57.3. The Hall–Kier alpha value is -2.72. The van der Waals surface area contributed by atoms with Gasteiger partial charge in [-0.25, -0.2) is 18.2 Å². The van der Waals surface area contributed by atoms with E-state index >= 15 is 0 Å². The minimum atomic E-state index is -2.15. The number of aryl methyl sites for hydroxylation is 1. The normalized spacial score (nSPS) is 19.1. The Labute approximate surface area is 182 Å². The van der Waals surface area contributed by atoms with Crippen molar-refractivity contribution in [3.8, 4) is 0 Å². The Morgan fingerprint density at radius 1 is 1.26 bits per heavy atom. The van der Waals surface area contributed by atoms with Crippen molar-refractivity contribution in [2.45, 2.75) is 26.6 Å². The van der Waals surface area contributed by atoms with Gasteiger partial charge in [0.05, 0.1) is 25.9 Å². The molecule has 31 heavy (non-hydrogen) atoms. The molecule has 0 bridgehead atoms. The zero-order chi connectivity index (χ0) is 22.4. The number of halogens is 5. The van der Waals surface area contributed by atoms with E-state index in [1.807, 2.05) is 6.92 Å². The number of anilines is 2. The second-order valence-corrected chi connectivity index (χ2v) is 8.75. The fraction of sp³-hybridized carbons (Fsp3) is 0.250. The second-order valence-electron chi connectivity index (χ2n) is 7.11. The van der Waals surface area contributed by atoms with E-state index in [0.29, 0.717) is 11.2 Å². The molecule has 11 heteroatoms. The quantitative estimate of drug-likeness (QED) is 0.492. The lowest BCUT2D eigenvalue weighted by atomic mass is 9.90. The van der Waals surface area contributed by atoms with Crippen LogP contribution in [0.5, 0.6) is 0 Å². The molecule has 1 aliphatic carbocycles. The van der Waals surface area contributed by atoms with Gasteiger partial charge in [-0.3, -0.25) is 4.79 Å². The predicted octanol–water partition coefficient (Wildman–Crippen LogP) is 5.76. The molecule has 1 aliphatic rings. The largest absolute Gasteiger partial charge is 0.324 e. The van der Waals surface area contributed by atoms with Gasteiger partial charge >= 0.3 is 5.56 Å². The van der Waals surface area contributed by atoms with Crippen LogP contribution in [0.25, 0.3) is 10.2 Å². The van der Waals surface area contributed by atoms with Crippen LogP contribution in [0.3, 0.4) is 0 Å². The Balaban J connectivity index is 1.74. The molecule has 3 aromatic rings. The lowest BCUT2D eigenvalue weighted by molar-refractivity contribution is 0.247. The van der Waals surface area contributed by atoms with Gasteiger partial charge in [-0.05, 0) is 30.7 Å². The van der Waals surface area contributed by atoms with Crippen LogP contribution < -0.4 is 10.9 Å². The zero-order valence-corrected chi connectivity index (χ0v) is 17.8. The summed E-state index contributed by atoms with van der Waals surface area (Å²) in [7, 11) is 0. The van der Waals surface area contributed by atoms with E-state index in [-0.39, 0.29) is 23.1 Å². The molecule has 2 heterocycles. The summed E-state index contributed by atoms with van der Waals surface area (Å²) in [5, 5.41) is 4.00. The van der Waals surface area contributed by atoms with Gasteiger partial charge in [-0.2, -0.15) is 9.37 Å². The summed E-state index contributed by atoms with van der Waals surface area (Å²) in [6.07, 6.45) is -0.413. The Bertz CT molecular complexity index is 1320. The molecule has 0 fully saturated rings. The number of fused-ring (bicyclic) bond motifs is 1. The Morgan fingerprint density at radius 3 is 2.74 bits per heavy atom. The molecule has 0 saturated carbocycles. The lowest BCUT2D eigenvalue weighted by Gasteiger charge is -2.25. The van der Waals surface area contributed by atoms with Crippen LogP contribution in [-0.4, -0.2) is 20.7 Å². The molecular weight excluding hydrogens is 456 g/mol. The summed E-state index contributed by atoms with van der Waals surface area (Å²) >= 11 is 7.74. The molecule has 0 spiro atoms. The van der Waals surface area contributed by atoms with Crippen molar-refractivity contribution >= 4 is 44.8 Å². The molecule has 1 aromatic carbocycles. The molecule has 162 valence electrons. The number of alkyl halides is 1. The van der Waals surface area contributed by atoms with Gasteiger partial charge in [0.15, 0.2) is 17.8 Å². The first kappa shape index (κ1) is 21.5. The lowest BCUT2D eigenvalue weighted by Crippen LogP contribution is -2.25. The standard InChI is InChI=1S/C20H15ClF4N4OS/c1-8-10(3-12(22)18(25)17(8)24)6-29-7-13(23)19(30)28-20(29)27-14-5-16-15(4-11(14)21)26-9(2)31-16/h3-5,7-8,17H,6H2,1-2H3,(H,27,28,30). The molecule has 2 aromatic heterocycles. The summed E-state index contributed by atoms with van der Waals surface area (Å²) in [5.74, 6) is -5.02. The van der Waals surface area contributed by atoms with E-state index in [0.717, 1.165) is 22.0 Å².